The Labute approximate surface area is 266 Å². The fraction of sp³-hybridized carbons (Fsp3) is 0.343. The number of hydrogen-bond donors (Lipinski definition) is 1. The predicted octanol–water partition coefficient (Wildman–Crippen LogP) is 6.28. The van der Waals surface area contributed by atoms with Crippen LogP contribution < -0.4 is 4.74 Å². The molecule has 0 unspecified atom stereocenters. The summed E-state index contributed by atoms with van der Waals surface area (Å²) in [5, 5.41) is 23.4. The van der Waals surface area contributed by atoms with Crippen molar-refractivity contribution >= 4 is 17.0 Å². The predicted molar refractivity (Wildman–Crippen MR) is 169 cm³/mol. The number of fused-ring (bicyclic) bond motifs is 1. The minimum atomic E-state index is -0.997. The van der Waals surface area contributed by atoms with Crippen molar-refractivity contribution in [1.29, 1.82) is 5.26 Å². The van der Waals surface area contributed by atoms with Crippen LogP contribution in [0.3, 0.4) is 0 Å². The lowest BCUT2D eigenvalue weighted by Crippen LogP contribution is -2.19. The molecule has 3 heterocycles. The normalized spacial score (nSPS) is 16.4. The van der Waals surface area contributed by atoms with E-state index in [9.17, 15) is 14.3 Å². The summed E-state index contributed by atoms with van der Waals surface area (Å²) in [6.07, 6.45) is 6.52. The van der Waals surface area contributed by atoms with E-state index in [1.165, 1.54) is 6.07 Å². The van der Waals surface area contributed by atoms with Gasteiger partial charge in [0.15, 0.2) is 0 Å². The number of rotatable bonds is 11. The van der Waals surface area contributed by atoms with Gasteiger partial charge in [0.05, 0.1) is 40.5 Å². The average molecular weight is 623 g/mol. The number of aryl methyl sites for hydroxylation is 1. The van der Waals surface area contributed by atoms with E-state index in [0.717, 1.165) is 54.7 Å². The molecule has 0 radical (unpaired) electrons. The summed E-state index contributed by atoms with van der Waals surface area (Å²) in [4.78, 5) is 21.9. The van der Waals surface area contributed by atoms with E-state index < -0.39 is 11.8 Å². The van der Waals surface area contributed by atoms with Crippen LogP contribution in [0.4, 0.5) is 4.39 Å². The Morgan fingerprint density at radius 3 is 2.63 bits per heavy atom. The van der Waals surface area contributed by atoms with Gasteiger partial charge in [-0.2, -0.15) is 10.4 Å². The summed E-state index contributed by atoms with van der Waals surface area (Å²) < 4.78 is 29.3. The van der Waals surface area contributed by atoms with Crippen molar-refractivity contribution < 1.29 is 23.8 Å². The van der Waals surface area contributed by atoms with Crippen LogP contribution in [0.5, 0.6) is 5.88 Å². The smallest absolute Gasteiger partial charge is 0.335 e. The Hall–Kier alpha value is -5.08. The number of carbonyl (C=O) groups is 1. The number of halogens is 1. The van der Waals surface area contributed by atoms with Gasteiger partial charge in [0, 0.05) is 62.1 Å². The number of methoxy groups -OCH3 is 1. The van der Waals surface area contributed by atoms with Crippen molar-refractivity contribution in [3.05, 3.63) is 94.8 Å². The first-order chi connectivity index (χ1) is 22.3. The maximum absolute atomic E-state index is 14.3. The van der Waals surface area contributed by atoms with Crippen LogP contribution in [0, 0.1) is 23.1 Å². The van der Waals surface area contributed by atoms with E-state index in [1.54, 1.807) is 42.1 Å². The molecule has 11 heteroatoms. The number of ether oxygens (including phenoxy) is 2. The van der Waals surface area contributed by atoms with Crippen LogP contribution in [0.1, 0.15) is 64.6 Å². The third kappa shape index (κ3) is 6.62. The number of hydrogen-bond acceptors (Lipinski definition) is 7. The SMILES string of the molecule is COCCn1c(CC2CCC(c3cccc(OCc4ccc(C#N)cc4F)n3)CC2)nc2c(-c3ccn(C)n3)cc(C(=O)O)cc21. The number of carboxylic acid groups (broad SMARTS) is 1. The summed E-state index contributed by atoms with van der Waals surface area (Å²) in [6.45, 7) is 1.07. The molecular weight excluding hydrogens is 587 g/mol. The molecule has 1 aliphatic rings. The highest BCUT2D eigenvalue weighted by Crippen LogP contribution is 2.38. The van der Waals surface area contributed by atoms with E-state index in [-0.39, 0.29) is 23.7 Å². The molecule has 0 saturated heterocycles. The van der Waals surface area contributed by atoms with Crippen molar-refractivity contribution in [2.45, 2.75) is 51.2 Å². The zero-order valence-electron chi connectivity index (χ0n) is 25.8. The highest BCUT2D eigenvalue weighted by Gasteiger charge is 2.27. The van der Waals surface area contributed by atoms with Crippen LogP contribution in [0.2, 0.25) is 0 Å². The number of imidazole rings is 1. The fourth-order valence-corrected chi connectivity index (χ4v) is 6.28. The van der Waals surface area contributed by atoms with E-state index in [1.807, 2.05) is 37.5 Å². The van der Waals surface area contributed by atoms with Crippen molar-refractivity contribution in [3.63, 3.8) is 0 Å². The molecule has 0 amide bonds. The van der Waals surface area contributed by atoms with E-state index >= 15 is 0 Å². The molecule has 6 rings (SSSR count). The van der Waals surface area contributed by atoms with Crippen molar-refractivity contribution in [3.8, 4) is 23.2 Å². The number of aromatic nitrogens is 5. The highest BCUT2D eigenvalue weighted by molar-refractivity contribution is 5.99. The summed E-state index contributed by atoms with van der Waals surface area (Å²) in [5.74, 6) is 0.582. The molecule has 0 atom stereocenters. The second-order valence-corrected chi connectivity index (χ2v) is 11.8. The van der Waals surface area contributed by atoms with E-state index in [0.29, 0.717) is 41.8 Å². The molecule has 0 aliphatic heterocycles. The summed E-state index contributed by atoms with van der Waals surface area (Å²) in [6, 6.07) is 17.2. The minimum absolute atomic E-state index is 0.0286. The Morgan fingerprint density at radius 2 is 1.93 bits per heavy atom. The van der Waals surface area contributed by atoms with E-state index in [2.05, 4.69) is 9.67 Å². The number of carboxylic acids is 1. The molecule has 0 bridgehead atoms. The van der Waals surface area contributed by atoms with Gasteiger partial charge in [-0.1, -0.05) is 12.1 Å². The number of benzene rings is 2. The van der Waals surface area contributed by atoms with Gasteiger partial charge in [-0.05, 0) is 68.0 Å². The molecule has 10 nitrogen and oxygen atoms in total. The average Bonchev–Trinajstić information content (AvgIpc) is 3.65. The molecule has 3 aromatic heterocycles. The zero-order chi connectivity index (χ0) is 32.2. The van der Waals surface area contributed by atoms with Crippen molar-refractivity contribution in [2.75, 3.05) is 13.7 Å². The van der Waals surface area contributed by atoms with Crippen molar-refractivity contribution in [2.24, 2.45) is 13.0 Å². The molecule has 46 heavy (non-hydrogen) atoms. The molecule has 1 N–H and O–H groups in total. The summed E-state index contributed by atoms with van der Waals surface area (Å²) >= 11 is 0. The van der Waals surface area contributed by atoms with Gasteiger partial charge in [0.1, 0.15) is 18.2 Å². The van der Waals surface area contributed by atoms with Crippen molar-refractivity contribution in [1.82, 2.24) is 24.3 Å². The second kappa shape index (κ2) is 13.5. The van der Waals surface area contributed by atoms with Gasteiger partial charge in [-0.3, -0.25) is 4.68 Å². The molecule has 0 spiro atoms. The van der Waals surface area contributed by atoms with Crippen LogP contribution in [-0.4, -0.2) is 49.1 Å². The lowest BCUT2D eigenvalue weighted by molar-refractivity contribution is 0.0697. The van der Waals surface area contributed by atoms with Crippen LogP contribution in [-0.2, 0) is 31.4 Å². The molecular formula is C35H35FN6O4. The van der Waals surface area contributed by atoms with Crippen LogP contribution >= 0.6 is 0 Å². The quantitative estimate of drug-likeness (QED) is 0.182. The molecule has 1 fully saturated rings. The number of pyridine rings is 1. The first-order valence-corrected chi connectivity index (χ1v) is 15.4. The molecule has 2 aromatic carbocycles. The molecule has 236 valence electrons. The molecule has 5 aromatic rings. The van der Waals surface area contributed by atoms with Gasteiger partial charge >= 0.3 is 5.97 Å². The monoisotopic (exact) mass is 622 g/mol. The second-order valence-electron chi connectivity index (χ2n) is 11.8. The number of nitrogens with zero attached hydrogens (tertiary/aromatic N) is 6. The van der Waals surface area contributed by atoms with Crippen LogP contribution in [0.15, 0.2) is 60.8 Å². The Bertz CT molecular complexity index is 1920. The maximum Gasteiger partial charge on any atom is 0.335 e. The molecule has 1 saturated carbocycles. The third-order valence-corrected chi connectivity index (χ3v) is 8.73. The summed E-state index contributed by atoms with van der Waals surface area (Å²) in [5.41, 5.74) is 4.68. The number of aromatic carboxylic acids is 1. The number of nitriles is 1. The first-order valence-electron chi connectivity index (χ1n) is 15.4. The lowest BCUT2D eigenvalue weighted by atomic mass is 9.79. The first kappa shape index (κ1) is 30.9. The standard InChI is InChI=1S/C35H35FN6O4/c1-41-13-12-30(40-41)27-18-26(35(43)44)19-31-34(27)39-32(42(31)14-15-45-2)17-22-6-9-24(10-7-22)29-4-3-5-33(38-29)46-21-25-11-8-23(20-37)16-28(25)36/h3-5,8,11-13,16,18-19,22,24H,6-7,9-10,14-15,17,21H2,1-2H3,(H,43,44). The largest absolute Gasteiger partial charge is 0.478 e. The third-order valence-electron chi connectivity index (χ3n) is 8.73. The van der Waals surface area contributed by atoms with Gasteiger partial charge in [0.25, 0.3) is 0 Å². The van der Waals surface area contributed by atoms with Gasteiger partial charge in [0.2, 0.25) is 5.88 Å². The van der Waals surface area contributed by atoms with Gasteiger partial charge < -0.3 is 19.1 Å². The van der Waals surface area contributed by atoms with Gasteiger partial charge in [-0.15, -0.1) is 0 Å². The Balaban J connectivity index is 1.17. The lowest BCUT2D eigenvalue weighted by Gasteiger charge is -2.28. The fourth-order valence-electron chi connectivity index (χ4n) is 6.28. The Morgan fingerprint density at radius 1 is 1.11 bits per heavy atom. The van der Waals surface area contributed by atoms with Gasteiger partial charge in [-0.25, -0.2) is 19.2 Å². The maximum atomic E-state index is 14.3. The molecule has 1 aliphatic carbocycles. The minimum Gasteiger partial charge on any atom is -0.478 e. The zero-order valence-corrected chi connectivity index (χ0v) is 25.8. The van der Waals surface area contributed by atoms with Crippen LogP contribution in [0.25, 0.3) is 22.3 Å². The Kier molecular flexibility index (Phi) is 9.08. The highest BCUT2D eigenvalue weighted by atomic mass is 19.1. The topological polar surface area (TPSA) is 128 Å². The summed E-state index contributed by atoms with van der Waals surface area (Å²) in [7, 11) is 3.49. The van der Waals surface area contributed by atoms with E-state index in [4.69, 9.17) is 24.7 Å².